The number of phenolic OH excluding ortho intramolecular Hbond substituents is 1. The predicted molar refractivity (Wildman–Crippen MR) is 182 cm³/mol. The van der Waals surface area contributed by atoms with E-state index in [4.69, 9.17) is 11.6 Å². The number of nitrogens with one attached hydrogen (secondary N) is 1. The number of halogens is 1. The van der Waals surface area contributed by atoms with Gasteiger partial charge in [0.2, 0.25) is 5.13 Å². The number of hydrogen-bond donors (Lipinski definition) is 2. The van der Waals surface area contributed by atoms with E-state index in [1.165, 1.54) is 11.3 Å². The van der Waals surface area contributed by atoms with Crippen molar-refractivity contribution in [1.29, 1.82) is 0 Å². The maximum atomic E-state index is 11.2. The molecule has 43 heavy (non-hydrogen) atoms. The number of benzene rings is 2. The van der Waals surface area contributed by atoms with Gasteiger partial charge in [0.05, 0.1) is 17.1 Å². The van der Waals surface area contributed by atoms with Crippen molar-refractivity contribution in [3.8, 4) is 16.3 Å². The zero-order valence-corrected chi connectivity index (χ0v) is 28.1. The van der Waals surface area contributed by atoms with Gasteiger partial charge in [-0.25, -0.2) is 0 Å². The molecule has 2 aliphatic heterocycles. The zero-order valence-electron chi connectivity index (χ0n) is 26.5. The van der Waals surface area contributed by atoms with Gasteiger partial charge in [-0.15, -0.1) is 10.2 Å². The van der Waals surface area contributed by atoms with Crippen LogP contribution in [-0.2, 0) is 5.41 Å². The van der Waals surface area contributed by atoms with Gasteiger partial charge in [-0.2, -0.15) is 0 Å². The summed E-state index contributed by atoms with van der Waals surface area (Å²) < 4.78 is 0. The molecule has 2 aromatic carbocycles. The van der Waals surface area contributed by atoms with Crippen LogP contribution >= 0.6 is 22.9 Å². The topological polar surface area (TPSA) is 77.4 Å². The number of rotatable bonds is 5. The summed E-state index contributed by atoms with van der Waals surface area (Å²) in [5.41, 5.74) is 4.83. The highest BCUT2D eigenvalue weighted by Gasteiger charge is 2.48. The highest BCUT2D eigenvalue weighted by molar-refractivity contribution is 7.18. The van der Waals surface area contributed by atoms with Crippen LogP contribution in [0.3, 0.4) is 0 Å². The first kappa shape index (κ1) is 32.7. The van der Waals surface area contributed by atoms with E-state index < -0.39 is 0 Å². The smallest absolute Gasteiger partial charge is 0.210 e. The molecule has 7 nitrogen and oxygen atoms in total. The fourth-order valence-corrected chi connectivity index (χ4v) is 7.13. The maximum absolute atomic E-state index is 11.2. The van der Waals surface area contributed by atoms with E-state index in [0.29, 0.717) is 5.13 Å². The fraction of sp³-hybridized carbons (Fsp3) is 0.441. The second kappa shape index (κ2) is 14.1. The van der Waals surface area contributed by atoms with Crippen molar-refractivity contribution < 1.29 is 5.11 Å². The fourth-order valence-electron chi connectivity index (χ4n) is 6.03. The van der Waals surface area contributed by atoms with Crippen LogP contribution < -0.4 is 10.2 Å². The van der Waals surface area contributed by atoms with Crippen molar-refractivity contribution >= 4 is 45.1 Å². The molecule has 0 aliphatic carbocycles. The number of anilines is 4. The highest BCUT2D eigenvalue weighted by Crippen LogP contribution is 2.56. The lowest BCUT2D eigenvalue weighted by Crippen LogP contribution is -2.46. The predicted octanol–water partition coefficient (Wildman–Crippen LogP) is 9.29. The Morgan fingerprint density at radius 1 is 0.977 bits per heavy atom. The van der Waals surface area contributed by atoms with Crippen LogP contribution in [0.4, 0.5) is 22.2 Å². The molecule has 230 valence electrons. The van der Waals surface area contributed by atoms with Gasteiger partial charge in [0.15, 0.2) is 5.01 Å². The first-order chi connectivity index (χ1) is 20.7. The van der Waals surface area contributed by atoms with Crippen molar-refractivity contribution in [2.45, 2.75) is 66.7 Å². The third-order valence-corrected chi connectivity index (χ3v) is 8.85. The Morgan fingerprint density at radius 2 is 1.70 bits per heavy atom. The standard InChI is InChI=1S/C30H33ClN6OS.2C2H6/c1-29(2,3)18-36-15-12-30(13-16-36)19-37(26-24(38)11-10-21(31)25(26)30)23-9-5-4-8-22(23)33-28-35-34-27(39-28)20-7-6-14-32-17-20;2*1-2/h4-11,14,17,38H,12-13,15-16,18-19H2,1-3H3,(H,33,35);2*1-2H3. The Morgan fingerprint density at radius 3 is 2.37 bits per heavy atom. The van der Waals surface area contributed by atoms with E-state index in [1.807, 2.05) is 64.1 Å². The third kappa shape index (κ3) is 7.14. The van der Waals surface area contributed by atoms with Crippen LogP contribution in [-0.4, -0.2) is 51.4 Å². The third-order valence-electron chi connectivity index (χ3n) is 7.65. The van der Waals surface area contributed by atoms with Crippen molar-refractivity contribution in [2.24, 2.45) is 5.41 Å². The van der Waals surface area contributed by atoms with E-state index in [0.717, 1.165) is 77.2 Å². The molecule has 2 aliphatic rings. The molecular formula is C34H45ClN6OS. The van der Waals surface area contributed by atoms with Crippen molar-refractivity contribution in [3.63, 3.8) is 0 Å². The molecule has 4 aromatic rings. The maximum Gasteiger partial charge on any atom is 0.210 e. The van der Waals surface area contributed by atoms with E-state index in [-0.39, 0.29) is 16.6 Å². The molecule has 2 aromatic heterocycles. The number of phenols is 1. The Balaban J connectivity index is 0.00000102. The minimum absolute atomic E-state index is 0.122. The average Bonchev–Trinajstić information content (AvgIpc) is 3.62. The quantitative estimate of drug-likeness (QED) is 0.230. The number of aromatic nitrogens is 3. The summed E-state index contributed by atoms with van der Waals surface area (Å²) in [6.45, 7) is 18.7. The lowest BCUT2D eigenvalue weighted by atomic mass is 9.74. The summed E-state index contributed by atoms with van der Waals surface area (Å²) in [6.07, 6.45) is 5.53. The lowest BCUT2D eigenvalue weighted by molar-refractivity contribution is 0.125. The van der Waals surface area contributed by atoms with Crippen LogP contribution in [0.2, 0.25) is 5.02 Å². The zero-order chi connectivity index (χ0) is 31.2. The summed E-state index contributed by atoms with van der Waals surface area (Å²) >= 11 is 8.38. The summed E-state index contributed by atoms with van der Waals surface area (Å²) in [6, 6.07) is 15.6. The lowest BCUT2D eigenvalue weighted by Gasteiger charge is -2.42. The number of nitrogens with zero attached hydrogens (tertiary/aromatic N) is 5. The summed E-state index contributed by atoms with van der Waals surface area (Å²) in [5.74, 6) is 0.257. The second-order valence-electron chi connectivity index (χ2n) is 11.8. The van der Waals surface area contributed by atoms with Crippen molar-refractivity contribution in [1.82, 2.24) is 20.1 Å². The highest BCUT2D eigenvalue weighted by atomic mass is 35.5. The Labute approximate surface area is 266 Å². The molecular weight excluding hydrogens is 576 g/mol. The Hall–Kier alpha value is -3.20. The average molecular weight is 621 g/mol. The molecule has 0 atom stereocenters. The van der Waals surface area contributed by atoms with Crippen molar-refractivity contribution in [3.05, 3.63) is 71.5 Å². The Bertz CT molecular complexity index is 1480. The molecule has 1 spiro atoms. The summed E-state index contributed by atoms with van der Waals surface area (Å²) in [4.78, 5) is 9.00. The van der Waals surface area contributed by atoms with E-state index in [2.05, 4.69) is 57.1 Å². The van der Waals surface area contributed by atoms with Crippen LogP contribution in [0.5, 0.6) is 5.75 Å². The van der Waals surface area contributed by atoms with Gasteiger partial charge in [-0.05, 0) is 67.7 Å². The normalized spacial score (nSPS) is 15.7. The number of piperidine rings is 1. The van der Waals surface area contributed by atoms with Crippen molar-refractivity contribution in [2.75, 3.05) is 36.4 Å². The van der Waals surface area contributed by atoms with Crippen LogP contribution in [0.15, 0.2) is 60.9 Å². The molecule has 0 unspecified atom stereocenters. The Kier molecular flexibility index (Phi) is 10.7. The molecule has 4 heterocycles. The van der Waals surface area contributed by atoms with E-state index in [9.17, 15) is 5.11 Å². The molecule has 0 radical (unpaired) electrons. The molecule has 1 saturated heterocycles. The summed E-state index contributed by atoms with van der Waals surface area (Å²) in [5, 5.41) is 25.6. The molecule has 2 N–H and O–H groups in total. The van der Waals surface area contributed by atoms with Gasteiger partial charge >= 0.3 is 0 Å². The van der Waals surface area contributed by atoms with Gasteiger partial charge in [-0.3, -0.25) is 4.98 Å². The monoisotopic (exact) mass is 620 g/mol. The van der Waals surface area contributed by atoms with Gasteiger partial charge in [0, 0.05) is 47.0 Å². The molecule has 0 bridgehead atoms. The first-order valence-corrected chi connectivity index (χ1v) is 16.5. The van der Waals surface area contributed by atoms with Gasteiger partial charge in [0.1, 0.15) is 5.75 Å². The van der Waals surface area contributed by atoms with Gasteiger partial charge in [-0.1, -0.05) is 83.5 Å². The molecule has 0 amide bonds. The largest absolute Gasteiger partial charge is 0.506 e. The molecule has 9 heteroatoms. The van der Waals surface area contributed by atoms with Crippen LogP contribution in [0.1, 0.15) is 66.9 Å². The number of para-hydroxylation sites is 2. The van der Waals surface area contributed by atoms with E-state index >= 15 is 0 Å². The SMILES string of the molecule is CC.CC.CC(C)(C)CN1CCC2(CC1)CN(c1ccccc1Nc1nnc(-c3cccnc3)s1)c1c(O)ccc(Cl)c12. The molecule has 1 fully saturated rings. The van der Waals surface area contributed by atoms with Gasteiger partial charge < -0.3 is 20.2 Å². The number of aromatic hydroxyl groups is 1. The molecule has 0 saturated carbocycles. The van der Waals surface area contributed by atoms with E-state index in [1.54, 1.807) is 18.5 Å². The van der Waals surface area contributed by atoms with Gasteiger partial charge in [0.25, 0.3) is 0 Å². The molecule has 6 rings (SSSR count). The first-order valence-electron chi connectivity index (χ1n) is 15.3. The van der Waals surface area contributed by atoms with Crippen LogP contribution in [0.25, 0.3) is 10.6 Å². The summed E-state index contributed by atoms with van der Waals surface area (Å²) in [7, 11) is 0. The number of fused-ring (bicyclic) bond motifs is 2. The minimum Gasteiger partial charge on any atom is -0.506 e. The second-order valence-corrected chi connectivity index (χ2v) is 13.2. The number of likely N-dealkylation sites (tertiary alicyclic amines) is 1. The number of pyridine rings is 1. The number of hydrogen-bond acceptors (Lipinski definition) is 8. The van der Waals surface area contributed by atoms with Crippen LogP contribution in [0, 0.1) is 5.41 Å². The minimum atomic E-state index is -0.122.